The lowest BCUT2D eigenvalue weighted by molar-refractivity contribution is 0.377. The van der Waals surface area contributed by atoms with Crippen LogP contribution in [0.25, 0.3) is 0 Å². The molecule has 0 fully saturated rings. The Kier molecular flexibility index (Phi) is 1.50. The molecule has 0 saturated heterocycles. The molecule has 0 radical (unpaired) electrons. The topological polar surface area (TPSA) is 106 Å². The van der Waals surface area contributed by atoms with Gasteiger partial charge in [-0.05, 0) is 0 Å². The summed E-state index contributed by atoms with van der Waals surface area (Å²) in [4.78, 5) is 10.6. The first kappa shape index (κ1) is 6.49. The Bertz CT molecular complexity index is 280. The number of hydrogen-bond acceptors (Lipinski definition) is 6. The highest BCUT2D eigenvalue weighted by molar-refractivity contribution is 5.17. The van der Waals surface area contributed by atoms with Gasteiger partial charge in [-0.25, -0.2) is 5.48 Å². The first-order valence-electron chi connectivity index (χ1n) is 2.35. The molecule has 1 aromatic rings. The number of rotatable bonds is 1. The Morgan fingerprint density at radius 3 is 3.00 bits per heavy atom. The Morgan fingerprint density at radius 1 is 1.80 bits per heavy atom. The zero-order chi connectivity index (χ0) is 7.56. The molecule has 10 heavy (non-hydrogen) atoms. The quantitative estimate of drug-likeness (QED) is 0.315. The maximum absolute atomic E-state index is 10.6. The second kappa shape index (κ2) is 2.31. The zero-order valence-corrected chi connectivity index (χ0v) is 4.85. The predicted octanol–water partition coefficient (Wildman–Crippen LogP) is -1.85. The van der Waals surface area contributed by atoms with Crippen LogP contribution < -0.4 is 16.9 Å². The predicted molar refractivity (Wildman–Crippen MR) is 31.9 cm³/mol. The van der Waals surface area contributed by atoms with Crippen LogP contribution in [0.5, 0.6) is 0 Å². The minimum absolute atomic E-state index is 0.201. The van der Waals surface area contributed by atoms with Gasteiger partial charge in [0.05, 0.1) is 0 Å². The number of nitrogens with two attached hydrogens (primary N) is 1. The van der Waals surface area contributed by atoms with Crippen molar-refractivity contribution in [2.24, 2.45) is 0 Å². The van der Waals surface area contributed by atoms with E-state index in [9.17, 15) is 4.79 Å². The van der Waals surface area contributed by atoms with Crippen LogP contribution in [0.4, 0.5) is 5.95 Å². The van der Waals surface area contributed by atoms with Gasteiger partial charge in [0.1, 0.15) is 6.20 Å². The molecule has 0 spiro atoms. The van der Waals surface area contributed by atoms with Crippen molar-refractivity contribution in [2.75, 3.05) is 11.3 Å². The van der Waals surface area contributed by atoms with Crippen LogP contribution in [0.3, 0.4) is 0 Å². The molecule has 0 aromatic carbocycles. The molecule has 0 aliphatic heterocycles. The molecule has 0 aliphatic rings. The summed E-state index contributed by atoms with van der Waals surface area (Å²) >= 11 is 0. The van der Waals surface area contributed by atoms with E-state index in [-0.39, 0.29) is 5.95 Å². The minimum Gasteiger partial charge on any atom is -0.333 e. The van der Waals surface area contributed by atoms with Crippen LogP contribution in [0.2, 0.25) is 0 Å². The summed E-state index contributed by atoms with van der Waals surface area (Å²) in [5.41, 5.74) is 1.05. The number of nitrogen functional groups attached to an aromatic ring is 1. The number of aromatic nitrogens is 3. The van der Waals surface area contributed by atoms with Gasteiger partial charge in [0.25, 0.3) is 11.5 Å². The van der Waals surface area contributed by atoms with E-state index in [0.29, 0.717) is 4.68 Å². The summed E-state index contributed by atoms with van der Waals surface area (Å²) in [5, 5.41) is 14.8. The van der Waals surface area contributed by atoms with Crippen LogP contribution in [0.1, 0.15) is 0 Å². The van der Waals surface area contributed by atoms with Crippen molar-refractivity contribution in [1.29, 1.82) is 0 Å². The summed E-state index contributed by atoms with van der Waals surface area (Å²) in [6.45, 7) is 0. The van der Waals surface area contributed by atoms with Crippen molar-refractivity contribution in [3.05, 3.63) is 16.6 Å². The molecular formula is C3H5N5O2. The highest BCUT2D eigenvalue weighted by atomic mass is 16.5. The van der Waals surface area contributed by atoms with E-state index < -0.39 is 5.56 Å². The van der Waals surface area contributed by atoms with Gasteiger partial charge < -0.3 is 5.84 Å². The summed E-state index contributed by atoms with van der Waals surface area (Å²) in [6, 6.07) is 0. The molecule has 0 unspecified atom stereocenters. The SMILES string of the molecule is Nn1c(NO)nncc1=O. The van der Waals surface area contributed by atoms with Crippen LogP contribution in [0.15, 0.2) is 11.0 Å². The fourth-order valence-electron chi connectivity index (χ4n) is 0.424. The second-order valence-corrected chi connectivity index (χ2v) is 1.49. The van der Waals surface area contributed by atoms with Crippen LogP contribution in [-0.2, 0) is 0 Å². The molecule has 54 valence electrons. The Morgan fingerprint density at radius 2 is 2.50 bits per heavy atom. The maximum atomic E-state index is 10.6. The monoisotopic (exact) mass is 143 g/mol. The van der Waals surface area contributed by atoms with Crippen molar-refractivity contribution in [3.8, 4) is 0 Å². The molecule has 0 amide bonds. The fraction of sp³-hybridized carbons (Fsp3) is 0. The lowest BCUT2D eigenvalue weighted by Crippen LogP contribution is -2.30. The maximum Gasteiger partial charge on any atom is 0.292 e. The van der Waals surface area contributed by atoms with Crippen LogP contribution in [-0.4, -0.2) is 20.1 Å². The van der Waals surface area contributed by atoms with Gasteiger partial charge in [-0.1, -0.05) is 0 Å². The van der Waals surface area contributed by atoms with E-state index in [1.165, 1.54) is 0 Å². The zero-order valence-electron chi connectivity index (χ0n) is 4.85. The van der Waals surface area contributed by atoms with Crippen molar-refractivity contribution in [3.63, 3.8) is 0 Å². The molecule has 0 saturated carbocycles. The molecule has 1 heterocycles. The largest absolute Gasteiger partial charge is 0.333 e. The Balaban J connectivity index is 3.28. The van der Waals surface area contributed by atoms with Gasteiger partial charge in [0, 0.05) is 0 Å². The molecule has 7 heteroatoms. The molecule has 0 atom stereocenters. The van der Waals surface area contributed by atoms with Gasteiger partial charge in [-0.3, -0.25) is 10.0 Å². The number of nitrogens with zero attached hydrogens (tertiary/aromatic N) is 3. The molecule has 4 N–H and O–H groups in total. The second-order valence-electron chi connectivity index (χ2n) is 1.49. The van der Waals surface area contributed by atoms with Crippen molar-refractivity contribution in [1.82, 2.24) is 14.9 Å². The Labute approximate surface area is 55.0 Å². The average molecular weight is 143 g/mol. The van der Waals surface area contributed by atoms with E-state index in [2.05, 4.69) is 10.2 Å². The van der Waals surface area contributed by atoms with Gasteiger partial charge >= 0.3 is 0 Å². The van der Waals surface area contributed by atoms with E-state index >= 15 is 0 Å². The summed E-state index contributed by atoms with van der Waals surface area (Å²) in [5.74, 6) is 4.87. The lowest BCUT2D eigenvalue weighted by atomic mass is 10.8. The summed E-state index contributed by atoms with van der Waals surface area (Å²) in [6.07, 6.45) is 0.931. The van der Waals surface area contributed by atoms with Gasteiger partial charge in [0.15, 0.2) is 0 Å². The third kappa shape index (κ3) is 0.890. The fourth-order valence-corrected chi connectivity index (χ4v) is 0.424. The van der Waals surface area contributed by atoms with E-state index in [1.54, 1.807) is 5.48 Å². The van der Waals surface area contributed by atoms with Gasteiger partial charge in [0.2, 0.25) is 0 Å². The lowest BCUT2D eigenvalue weighted by Gasteiger charge is -1.99. The van der Waals surface area contributed by atoms with Crippen molar-refractivity contribution < 1.29 is 5.21 Å². The summed E-state index contributed by atoms with van der Waals surface area (Å²) in [7, 11) is 0. The van der Waals surface area contributed by atoms with Crippen molar-refractivity contribution >= 4 is 5.95 Å². The van der Waals surface area contributed by atoms with E-state index in [1.807, 2.05) is 0 Å². The first-order valence-corrected chi connectivity index (χ1v) is 2.35. The smallest absolute Gasteiger partial charge is 0.292 e. The Hall–Kier alpha value is -1.63. The van der Waals surface area contributed by atoms with Gasteiger partial charge in [-0.15, -0.1) is 10.2 Å². The molecular weight excluding hydrogens is 138 g/mol. The van der Waals surface area contributed by atoms with Crippen LogP contribution in [0, 0.1) is 0 Å². The molecule has 1 rings (SSSR count). The standard InChI is InChI=1S/C3H5N5O2/c4-8-2(9)1-5-6-3(8)7-10/h1,10H,4H2,(H,6,7). The van der Waals surface area contributed by atoms with E-state index in [0.717, 1.165) is 6.20 Å². The van der Waals surface area contributed by atoms with E-state index in [4.69, 9.17) is 11.0 Å². The molecule has 7 nitrogen and oxygen atoms in total. The minimum atomic E-state index is -0.549. The number of hydrogen-bond donors (Lipinski definition) is 3. The summed E-state index contributed by atoms with van der Waals surface area (Å²) < 4.78 is 0.632. The average Bonchev–Trinajstić information content (AvgIpc) is 1.95. The highest BCUT2D eigenvalue weighted by Gasteiger charge is 1.97. The third-order valence-corrected chi connectivity index (χ3v) is 0.886. The molecule has 0 aliphatic carbocycles. The molecule has 1 aromatic heterocycles. The van der Waals surface area contributed by atoms with Crippen molar-refractivity contribution in [2.45, 2.75) is 0 Å². The molecule has 0 bridgehead atoms. The third-order valence-electron chi connectivity index (χ3n) is 0.886. The highest BCUT2D eigenvalue weighted by Crippen LogP contribution is 1.86. The van der Waals surface area contributed by atoms with Gasteiger partial charge in [-0.2, -0.15) is 4.68 Å². The van der Waals surface area contributed by atoms with Crippen LogP contribution >= 0.6 is 0 Å². The number of anilines is 1. The normalized spacial score (nSPS) is 9.30. The number of nitrogens with one attached hydrogen (secondary N) is 1. The first-order chi connectivity index (χ1) is 4.75.